The molecule has 0 bridgehead atoms. The summed E-state index contributed by atoms with van der Waals surface area (Å²) in [6, 6.07) is 12.2. The Hall–Kier alpha value is -2.86. The van der Waals surface area contributed by atoms with Gasteiger partial charge in [-0.3, -0.25) is 9.88 Å². The minimum atomic E-state index is 0.320. The number of anilines is 2. The number of pyridine rings is 2. The van der Waals surface area contributed by atoms with E-state index < -0.39 is 0 Å². The van der Waals surface area contributed by atoms with Crippen molar-refractivity contribution in [1.29, 1.82) is 0 Å². The Morgan fingerprint density at radius 2 is 1.92 bits per heavy atom. The molecule has 6 heteroatoms. The van der Waals surface area contributed by atoms with Crippen LogP contribution in [0.15, 0.2) is 61.2 Å². The Morgan fingerprint density at radius 3 is 2.76 bits per heavy atom. The van der Waals surface area contributed by atoms with Crippen LogP contribution in [0, 0.1) is 0 Å². The minimum Gasteiger partial charge on any atom is -0.309 e. The lowest BCUT2D eigenvalue weighted by atomic mass is 10.1. The summed E-state index contributed by atoms with van der Waals surface area (Å²) in [7, 11) is 0. The van der Waals surface area contributed by atoms with Gasteiger partial charge in [-0.05, 0) is 55.3 Å². The largest absolute Gasteiger partial charge is 0.309 e. The highest BCUT2D eigenvalue weighted by Gasteiger charge is 2.27. The summed E-state index contributed by atoms with van der Waals surface area (Å²) < 4.78 is 0. The lowest BCUT2D eigenvalue weighted by Gasteiger charge is -2.24. The second-order valence-corrected chi connectivity index (χ2v) is 6.13. The third-order valence-electron chi connectivity index (χ3n) is 4.42. The molecule has 4 rings (SSSR count). The van der Waals surface area contributed by atoms with Gasteiger partial charge in [0.2, 0.25) is 5.95 Å². The molecule has 3 aromatic heterocycles. The van der Waals surface area contributed by atoms with Gasteiger partial charge >= 0.3 is 0 Å². The molecule has 1 fully saturated rings. The zero-order chi connectivity index (χ0) is 16.9. The summed E-state index contributed by atoms with van der Waals surface area (Å²) in [6.07, 6.45) is 9.56. The van der Waals surface area contributed by atoms with Crippen LogP contribution < -0.4 is 5.32 Å². The molecule has 0 unspecified atom stereocenters. The van der Waals surface area contributed by atoms with Crippen molar-refractivity contribution in [3.8, 4) is 0 Å². The molecule has 126 valence electrons. The van der Waals surface area contributed by atoms with Crippen LogP contribution >= 0.6 is 0 Å². The summed E-state index contributed by atoms with van der Waals surface area (Å²) >= 11 is 0. The molecule has 4 heterocycles. The summed E-state index contributed by atoms with van der Waals surface area (Å²) in [5, 5.41) is 3.17. The number of nitrogens with zero attached hydrogens (tertiary/aromatic N) is 5. The first-order valence-electron chi connectivity index (χ1n) is 8.52. The van der Waals surface area contributed by atoms with Crippen molar-refractivity contribution in [1.82, 2.24) is 24.8 Å². The number of hydrogen-bond acceptors (Lipinski definition) is 6. The molecule has 1 aliphatic rings. The average molecular weight is 332 g/mol. The maximum absolute atomic E-state index is 4.73. The van der Waals surface area contributed by atoms with Gasteiger partial charge in [0.05, 0.1) is 11.7 Å². The van der Waals surface area contributed by atoms with E-state index in [1.165, 1.54) is 12.0 Å². The minimum absolute atomic E-state index is 0.320. The second-order valence-electron chi connectivity index (χ2n) is 6.13. The first-order valence-corrected chi connectivity index (χ1v) is 8.52. The quantitative estimate of drug-likeness (QED) is 0.773. The monoisotopic (exact) mass is 332 g/mol. The molecule has 6 nitrogen and oxygen atoms in total. The van der Waals surface area contributed by atoms with Crippen LogP contribution in [0.1, 0.15) is 30.1 Å². The summed E-state index contributed by atoms with van der Waals surface area (Å²) in [6.45, 7) is 2.00. The van der Waals surface area contributed by atoms with Gasteiger partial charge in [0.1, 0.15) is 5.82 Å². The molecule has 1 aliphatic heterocycles. The normalized spacial score (nSPS) is 17.5. The predicted molar refractivity (Wildman–Crippen MR) is 96.2 cm³/mol. The Kier molecular flexibility index (Phi) is 4.61. The van der Waals surface area contributed by atoms with Crippen LogP contribution in [0.3, 0.4) is 0 Å². The highest BCUT2D eigenvalue weighted by Crippen LogP contribution is 2.32. The molecule has 0 spiro atoms. The predicted octanol–water partition coefficient (Wildman–Crippen LogP) is 3.35. The van der Waals surface area contributed by atoms with E-state index in [4.69, 9.17) is 4.98 Å². The third-order valence-corrected chi connectivity index (χ3v) is 4.42. The first-order chi connectivity index (χ1) is 12.4. The van der Waals surface area contributed by atoms with E-state index in [-0.39, 0.29) is 0 Å². The molecule has 0 radical (unpaired) electrons. The molecule has 1 N–H and O–H groups in total. The van der Waals surface area contributed by atoms with E-state index in [0.29, 0.717) is 12.0 Å². The Bertz CT molecular complexity index is 808. The van der Waals surface area contributed by atoms with Gasteiger partial charge in [0.25, 0.3) is 0 Å². The van der Waals surface area contributed by atoms with Crippen molar-refractivity contribution in [2.45, 2.75) is 25.4 Å². The molecule has 0 amide bonds. The van der Waals surface area contributed by atoms with Crippen molar-refractivity contribution in [2.24, 2.45) is 0 Å². The molecule has 3 aromatic rings. The first kappa shape index (κ1) is 15.7. The third kappa shape index (κ3) is 3.80. The highest BCUT2D eigenvalue weighted by molar-refractivity contribution is 5.46. The van der Waals surface area contributed by atoms with E-state index in [2.05, 4.69) is 37.3 Å². The van der Waals surface area contributed by atoms with Crippen molar-refractivity contribution in [3.63, 3.8) is 0 Å². The fraction of sp³-hybridized carbons (Fsp3) is 0.263. The van der Waals surface area contributed by atoms with Crippen LogP contribution in [0.25, 0.3) is 0 Å². The lowest BCUT2D eigenvalue weighted by molar-refractivity contribution is 0.244. The smallest absolute Gasteiger partial charge is 0.228 e. The number of likely N-dealkylation sites (tertiary alicyclic amines) is 1. The number of nitrogens with one attached hydrogen (secondary N) is 1. The summed E-state index contributed by atoms with van der Waals surface area (Å²) in [5.41, 5.74) is 2.34. The van der Waals surface area contributed by atoms with Gasteiger partial charge in [-0.15, -0.1) is 0 Å². The molecular formula is C19H20N6. The van der Waals surface area contributed by atoms with Crippen molar-refractivity contribution in [2.75, 3.05) is 11.9 Å². The second kappa shape index (κ2) is 7.36. The van der Waals surface area contributed by atoms with Gasteiger partial charge in [-0.25, -0.2) is 15.0 Å². The van der Waals surface area contributed by atoms with Gasteiger partial charge in [-0.2, -0.15) is 0 Å². The summed E-state index contributed by atoms with van der Waals surface area (Å²) in [5.74, 6) is 1.34. The van der Waals surface area contributed by atoms with Crippen LogP contribution in [0.5, 0.6) is 0 Å². The molecule has 1 atom stereocenters. The maximum Gasteiger partial charge on any atom is 0.228 e. The summed E-state index contributed by atoms with van der Waals surface area (Å²) in [4.78, 5) is 19.9. The van der Waals surface area contributed by atoms with Gasteiger partial charge in [0.15, 0.2) is 0 Å². The zero-order valence-electron chi connectivity index (χ0n) is 13.9. The fourth-order valence-electron chi connectivity index (χ4n) is 3.24. The van der Waals surface area contributed by atoms with Crippen LogP contribution in [0.4, 0.5) is 11.8 Å². The number of aromatic nitrogens is 4. The van der Waals surface area contributed by atoms with Crippen molar-refractivity contribution in [3.05, 3.63) is 72.4 Å². The van der Waals surface area contributed by atoms with Crippen LogP contribution in [0.2, 0.25) is 0 Å². The van der Waals surface area contributed by atoms with Crippen molar-refractivity contribution >= 4 is 11.8 Å². The Labute approximate surface area is 147 Å². The van der Waals surface area contributed by atoms with E-state index >= 15 is 0 Å². The molecule has 1 saturated heterocycles. The number of rotatable bonds is 5. The Balaban J connectivity index is 1.51. The maximum atomic E-state index is 4.73. The molecule has 0 aromatic carbocycles. The van der Waals surface area contributed by atoms with Crippen LogP contribution in [-0.2, 0) is 6.54 Å². The van der Waals surface area contributed by atoms with Gasteiger partial charge in [-0.1, -0.05) is 6.07 Å². The van der Waals surface area contributed by atoms with E-state index in [0.717, 1.165) is 31.0 Å². The number of hydrogen-bond donors (Lipinski definition) is 1. The van der Waals surface area contributed by atoms with E-state index in [1.807, 2.05) is 42.9 Å². The van der Waals surface area contributed by atoms with Crippen molar-refractivity contribution < 1.29 is 0 Å². The average Bonchev–Trinajstić information content (AvgIpc) is 3.12. The SMILES string of the molecule is c1ccc(Nc2nccc([C@H]3CCCN3Cc3ccncc3)n2)nc1. The van der Waals surface area contributed by atoms with Gasteiger partial charge < -0.3 is 5.32 Å². The standard InChI is InChI=1S/C19H20N6/c1-2-9-21-18(5-1)24-19-22-12-8-16(23-19)17-4-3-13-25(17)14-15-6-10-20-11-7-15/h1-2,5-12,17H,3-4,13-14H2,(H,21,22,23,24)/t17-/m1/s1. The molecule has 25 heavy (non-hydrogen) atoms. The van der Waals surface area contributed by atoms with Crippen LogP contribution in [-0.4, -0.2) is 31.4 Å². The van der Waals surface area contributed by atoms with E-state index in [1.54, 1.807) is 6.20 Å². The zero-order valence-corrected chi connectivity index (χ0v) is 13.9. The molecular weight excluding hydrogens is 312 g/mol. The molecule has 0 saturated carbocycles. The topological polar surface area (TPSA) is 66.8 Å². The van der Waals surface area contributed by atoms with Gasteiger partial charge in [0, 0.05) is 31.3 Å². The fourth-order valence-corrected chi connectivity index (χ4v) is 3.24. The molecule has 0 aliphatic carbocycles. The van der Waals surface area contributed by atoms with E-state index in [9.17, 15) is 0 Å². The highest BCUT2D eigenvalue weighted by atomic mass is 15.2. The Morgan fingerprint density at radius 1 is 1.00 bits per heavy atom. The lowest BCUT2D eigenvalue weighted by Crippen LogP contribution is -2.23.